The van der Waals surface area contributed by atoms with E-state index in [2.05, 4.69) is 20.7 Å². The molecule has 0 unspecified atom stereocenters. The molecule has 0 aliphatic heterocycles. The molecule has 0 amide bonds. The van der Waals surface area contributed by atoms with Crippen molar-refractivity contribution in [2.45, 2.75) is 36.8 Å². The smallest absolute Gasteiger partial charge is 0.210 e. The van der Waals surface area contributed by atoms with Crippen molar-refractivity contribution in [3.05, 3.63) is 17.0 Å². The van der Waals surface area contributed by atoms with E-state index in [0.717, 1.165) is 35.9 Å². The van der Waals surface area contributed by atoms with E-state index in [9.17, 15) is 8.42 Å². The van der Waals surface area contributed by atoms with E-state index < -0.39 is 10.0 Å². The number of nitrogens with one attached hydrogen (secondary N) is 1. The van der Waals surface area contributed by atoms with Crippen molar-refractivity contribution in [2.75, 3.05) is 11.9 Å². The molecule has 0 atom stereocenters. The summed E-state index contributed by atoms with van der Waals surface area (Å²) in [5, 5.41) is 0.938. The van der Waals surface area contributed by atoms with Crippen LogP contribution in [0.5, 0.6) is 0 Å². The van der Waals surface area contributed by atoms with E-state index in [1.807, 2.05) is 13.0 Å². The summed E-state index contributed by atoms with van der Waals surface area (Å²) < 4.78 is 27.5. The second kappa shape index (κ2) is 5.61. The monoisotopic (exact) mass is 351 g/mol. The van der Waals surface area contributed by atoms with Crippen LogP contribution in [0, 0.1) is 5.41 Å². The largest absolute Gasteiger partial charge is 0.250 e. The topological polar surface area (TPSA) is 46.2 Å². The summed E-state index contributed by atoms with van der Waals surface area (Å²) in [4.78, 5) is 1.11. The Bertz CT molecular complexity index is 506. The number of halogens is 1. The van der Waals surface area contributed by atoms with Crippen molar-refractivity contribution in [3.8, 4) is 0 Å². The highest BCUT2D eigenvalue weighted by Crippen LogP contribution is 2.48. The van der Waals surface area contributed by atoms with Crippen LogP contribution < -0.4 is 4.72 Å². The van der Waals surface area contributed by atoms with Gasteiger partial charge in [0.2, 0.25) is 10.0 Å². The van der Waals surface area contributed by atoms with Gasteiger partial charge in [-0.3, -0.25) is 0 Å². The van der Waals surface area contributed by atoms with Crippen molar-refractivity contribution in [3.63, 3.8) is 0 Å². The maximum Gasteiger partial charge on any atom is 0.250 e. The summed E-state index contributed by atoms with van der Waals surface area (Å²) in [5.74, 6) is 0. The summed E-state index contributed by atoms with van der Waals surface area (Å²) in [6.45, 7) is 2.60. The second-order valence-electron chi connectivity index (χ2n) is 4.84. The lowest BCUT2D eigenvalue weighted by Gasteiger charge is -2.13. The summed E-state index contributed by atoms with van der Waals surface area (Å²) in [6, 6.07) is 3.60. The fourth-order valence-corrected chi connectivity index (χ4v) is 5.24. The Balaban J connectivity index is 1.99. The van der Waals surface area contributed by atoms with Gasteiger partial charge < -0.3 is 0 Å². The minimum absolute atomic E-state index is 0.210. The van der Waals surface area contributed by atoms with Crippen LogP contribution in [-0.4, -0.2) is 20.3 Å². The standard InChI is InChI=1S/C12H18BrNO2S2/c1-2-10-3-4-11(17-10)18(15,16)14-9-12(5-6-12)7-8-13/h3-4,14H,2,5-9H2,1H3. The van der Waals surface area contributed by atoms with E-state index in [1.165, 1.54) is 11.3 Å². The molecule has 1 fully saturated rings. The predicted octanol–water partition coefficient (Wildman–Crippen LogP) is 3.15. The summed E-state index contributed by atoms with van der Waals surface area (Å²) in [7, 11) is -3.31. The third-order valence-corrected chi connectivity index (χ3v) is 6.99. The minimum Gasteiger partial charge on any atom is -0.210 e. The van der Waals surface area contributed by atoms with Gasteiger partial charge in [0.25, 0.3) is 0 Å². The third-order valence-electron chi connectivity index (χ3n) is 3.47. The maximum absolute atomic E-state index is 12.1. The molecule has 3 nitrogen and oxygen atoms in total. The molecule has 6 heteroatoms. The average molecular weight is 352 g/mol. The van der Waals surface area contributed by atoms with Crippen LogP contribution in [0.15, 0.2) is 16.3 Å². The number of rotatable bonds is 7. The number of hydrogen-bond acceptors (Lipinski definition) is 3. The molecule has 0 bridgehead atoms. The van der Waals surface area contributed by atoms with Gasteiger partial charge in [0.05, 0.1) is 0 Å². The van der Waals surface area contributed by atoms with Gasteiger partial charge >= 0.3 is 0 Å². The van der Waals surface area contributed by atoms with Crippen LogP contribution in [0.3, 0.4) is 0 Å². The maximum atomic E-state index is 12.1. The molecule has 0 saturated heterocycles. The highest BCUT2D eigenvalue weighted by molar-refractivity contribution is 9.09. The minimum atomic E-state index is -3.31. The lowest BCUT2D eigenvalue weighted by atomic mass is 10.1. The summed E-state index contributed by atoms with van der Waals surface area (Å²) in [5.41, 5.74) is 0.210. The first-order valence-electron chi connectivity index (χ1n) is 6.16. The Morgan fingerprint density at radius 1 is 1.44 bits per heavy atom. The van der Waals surface area contributed by atoms with Crippen LogP contribution in [0.4, 0.5) is 0 Å². The number of alkyl halides is 1. The number of thiophene rings is 1. The zero-order valence-corrected chi connectivity index (χ0v) is 13.6. The number of sulfonamides is 1. The lowest BCUT2D eigenvalue weighted by Crippen LogP contribution is -2.30. The first-order valence-corrected chi connectivity index (χ1v) is 9.58. The zero-order valence-electron chi connectivity index (χ0n) is 10.4. The van der Waals surface area contributed by atoms with E-state index in [4.69, 9.17) is 0 Å². The molecule has 1 aromatic heterocycles. The quantitative estimate of drug-likeness (QED) is 0.767. The van der Waals surface area contributed by atoms with E-state index >= 15 is 0 Å². The Hall–Kier alpha value is 0.0900. The van der Waals surface area contributed by atoms with E-state index in [-0.39, 0.29) is 5.41 Å². The van der Waals surface area contributed by atoms with Gasteiger partial charge in [0.15, 0.2) is 0 Å². The van der Waals surface area contributed by atoms with Crippen LogP contribution in [-0.2, 0) is 16.4 Å². The lowest BCUT2D eigenvalue weighted by molar-refractivity contribution is 0.481. The molecular weight excluding hydrogens is 334 g/mol. The molecule has 0 radical (unpaired) electrons. The highest BCUT2D eigenvalue weighted by atomic mass is 79.9. The van der Waals surface area contributed by atoms with Gasteiger partial charge in [-0.05, 0) is 43.2 Å². The van der Waals surface area contributed by atoms with Crippen LogP contribution >= 0.6 is 27.3 Å². The molecule has 0 spiro atoms. The van der Waals surface area contributed by atoms with Crippen molar-refractivity contribution in [2.24, 2.45) is 5.41 Å². The third kappa shape index (κ3) is 3.35. The molecule has 18 heavy (non-hydrogen) atoms. The molecular formula is C12H18BrNO2S2. The van der Waals surface area contributed by atoms with Crippen LogP contribution in [0.1, 0.15) is 31.1 Å². The molecule has 0 aromatic carbocycles. The molecule has 1 N–H and O–H groups in total. The Morgan fingerprint density at radius 3 is 2.67 bits per heavy atom. The van der Waals surface area contributed by atoms with Gasteiger partial charge in [-0.2, -0.15) is 0 Å². The zero-order chi connectivity index (χ0) is 13.2. The van der Waals surface area contributed by atoms with Crippen molar-refractivity contribution in [1.82, 2.24) is 4.72 Å². The van der Waals surface area contributed by atoms with E-state index in [0.29, 0.717) is 10.8 Å². The molecule has 1 aliphatic carbocycles. The van der Waals surface area contributed by atoms with Crippen LogP contribution in [0.25, 0.3) is 0 Å². The first kappa shape index (κ1) is 14.5. The normalized spacial score (nSPS) is 17.9. The second-order valence-corrected chi connectivity index (χ2v) is 8.79. The fourth-order valence-electron chi connectivity index (χ4n) is 1.90. The molecule has 102 valence electrons. The fraction of sp³-hybridized carbons (Fsp3) is 0.667. The van der Waals surface area contributed by atoms with Crippen molar-refractivity contribution < 1.29 is 8.42 Å². The van der Waals surface area contributed by atoms with E-state index in [1.54, 1.807) is 6.07 Å². The molecule has 1 heterocycles. The first-order chi connectivity index (χ1) is 8.51. The van der Waals surface area contributed by atoms with Gasteiger partial charge in [-0.15, -0.1) is 11.3 Å². The van der Waals surface area contributed by atoms with Crippen molar-refractivity contribution >= 4 is 37.3 Å². The molecule has 1 aliphatic rings. The summed E-state index contributed by atoms with van der Waals surface area (Å²) in [6.07, 6.45) is 4.19. The Kier molecular flexibility index (Phi) is 4.52. The number of aryl methyl sites for hydroxylation is 1. The van der Waals surface area contributed by atoms with Gasteiger partial charge in [0.1, 0.15) is 4.21 Å². The Labute approximate surface area is 121 Å². The van der Waals surface area contributed by atoms with Crippen LogP contribution in [0.2, 0.25) is 0 Å². The predicted molar refractivity (Wildman–Crippen MR) is 79.0 cm³/mol. The molecule has 1 aromatic rings. The molecule has 1 saturated carbocycles. The van der Waals surface area contributed by atoms with Crippen molar-refractivity contribution in [1.29, 1.82) is 0 Å². The Morgan fingerprint density at radius 2 is 2.17 bits per heavy atom. The number of hydrogen-bond donors (Lipinski definition) is 1. The van der Waals surface area contributed by atoms with Gasteiger partial charge in [0, 0.05) is 16.8 Å². The highest BCUT2D eigenvalue weighted by Gasteiger charge is 2.42. The average Bonchev–Trinajstić information content (AvgIpc) is 2.93. The van der Waals surface area contributed by atoms with Gasteiger partial charge in [-0.25, -0.2) is 13.1 Å². The summed E-state index contributed by atoms with van der Waals surface area (Å²) >= 11 is 4.79. The molecule has 2 rings (SSSR count). The SMILES string of the molecule is CCc1ccc(S(=O)(=O)NCC2(CCBr)CC2)s1. The van der Waals surface area contributed by atoms with Gasteiger partial charge in [-0.1, -0.05) is 22.9 Å².